The van der Waals surface area contributed by atoms with Crippen molar-refractivity contribution >= 4 is 77.0 Å². The number of nitrogens with one attached hydrogen (secondary N) is 1. The van der Waals surface area contributed by atoms with Gasteiger partial charge in [0.05, 0.1) is 20.2 Å². The number of phenolic OH excluding ortho intramolecular Hbond substituents is 1. The molecule has 0 saturated carbocycles. The topological polar surface area (TPSA) is 61.7 Å². The van der Waals surface area contributed by atoms with Gasteiger partial charge >= 0.3 is 0 Å². The Kier molecular flexibility index (Phi) is 5.24. The van der Waals surface area contributed by atoms with Gasteiger partial charge < -0.3 is 5.11 Å². The molecule has 1 aromatic heterocycles. The zero-order valence-corrected chi connectivity index (χ0v) is 16.6. The molecule has 0 spiro atoms. The molecule has 3 aromatic rings. The van der Waals surface area contributed by atoms with Gasteiger partial charge in [-0.3, -0.25) is 4.79 Å². The number of hydrogen-bond donors (Lipinski definition) is 2. The molecule has 24 heavy (non-hydrogen) atoms. The summed E-state index contributed by atoms with van der Waals surface area (Å²) in [6.45, 7) is 0. The fourth-order valence-electron chi connectivity index (χ4n) is 2.04. The van der Waals surface area contributed by atoms with E-state index < -0.39 is 0 Å². The lowest BCUT2D eigenvalue weighted by atomic mass is 10.2. The second kappa shape index (κ2) is 7.23. The highest BCUT2D eigenvalue weighted by Gasteiger charge is 2.16. The standard InChI is InChI=1S/C16H9Br2ClN2O2S/c17-10-5-8(6-11(18)14(10)22)7-20-21-16(23)15-13(19)9-3-1-2-4-12(9)24-15/h1-7,22H,(H,21,23)/b20-7+. The molecule has 0 aliphatic rings. The molecule has 0 atom stereocenters. The summed E-state index contributed by atoms with van der Waals surface area (Å²) in [5.41, 5.74) is 3.17. The number of thiophene rings is 1. The van der Waals surface area contributed by atoms with E-state index in [1.165, 1.54) is 17.6 Å². The minimum absolute atomic E-state index is 0.105. The van der Waals surface area contributed by atoms with Gasteiger partial charge in [0.25, 0.3) is 5.91 Å². The summed E-state index contributed by atoms with van der Waals surface area (Å²) in [4.78, 5) is 12.7. The summed E-state index contributed by atoms with van der Waals surface area (Å²) < 4.78 is 2.00. The number of amides is 1. The first kappa shape index (κ1) is 17.4. The van der Waals surface area contributed by atoms with Gasteiger partial charge in [-0.1, -0.05) is 29.8 Å². The maximum absolute atomic E-state index is 12.3. The molecule has 0 saturated heterocycles. The molecule has 122 valence electrons. The van der Waals surface area contributed by atoms with E-state index in [9.17, 15) is 9.90 Å². The number of hydrogen-bond acceptors (Lipinski definition) is 4. The van der Waals surface area contributed by atoms with Crippen LogP contribution in [0.1, 0.15) is 15.2 Å². The largest absolute Gasteiger partial charge is 0.506 e. The van der Waals surface area contributed by atoms with E-state index in [4.69, 9.17) is 11.6 Å². The predicted molar refractivity (Wildman–Crippen MR) is 105 cm³/mol. The van der Waals surface area contributed by atoms with Crippen molar-refractivity contribution in [1.29, 1.82) is 0 Å². The molecule has 2 N–H and O–H groups in total. The van der Waals surface area contributed by atoms with Crippen LogP contribution in [-0.2, 0) is 0 Å². The van der Waals surface area contributed by atoms with Gasteiger partial charge in [0, 0.05) is 10.1 Å². The van der Waals surface area contributed by atoms with Crippen LogP contribution in [-0.4, -0.2) is 17.2 Å². The number of hydrazone groups is 1. The van der Waals surface area contributed by atoms with Crippen molar-refractivity contribution in [2.24, 2.45) is 5.10 Å². The normalized spacial score (nSPS) is 11.3. The van der Waals surface area contributed by atoms with Gasteiger partial charge in [-0.2, -0.15) is 5.10 Å². The first-order chi connectivity index (χ1) is 11.5. The number of benzene rings is 2. The Hall–Kier alpha value is -1.41. The molecule has 0 aliphatic heterocycles. The van der Waals surface area contributed by atoms with Gasteiger partial charge in [-0.25, -0.2) is 5.43 Å². The number of carbonyl (C=O) groups excluding carboxylic acids is 1. The van der Waals surface area contributed by atoms with Crippen molar-refractivity contribution < 1.29 is 9.90 Å². The van der Waals surface area contributed by atoms with E-state index in [0.29, 0.717) is 24.4 Å². The highest BCUT2D eigenvalue weighted by Crippen LogP contribution is 2.35. The molecule has 4 nitrogen and oxygen atoms in total. The lowest BCUT2D eigenvalue weighted by Gasteiger charge is -2.02. The van der Waals surface area contributed by atoms with Crippen LogP contribution in [0.25, 0.3) is 10.1 Å². The van der Waals surface area contributed by atoms with Crippen molar-refractivity contribution in [2.75, 3.05) is 0 Å². The predicted octanol–water partition coefficient (Wildman–Crippen LogP) is 5.55. The van der Waals surface area contributed by atoms with E-state index in [1.807, 2.05) is 24.3 Å². The van der Waals surface area contributed by atoms with Crippen molar-refractivity contribution in [2.45, 2.75) is 0 Å². The Morgan fingerprint density at radius 3 is 2.58 bits per heavy atom. The third-order valence-electron chi connectivity index (χ3n) is 3.16. The smallest absolute Gasteiger partial charge is 0.283 e. The molecule has 0 fully saturated rings. The monoisotopic (exact) mass is 486 g/mol. The van der Waals surface area contributed by atoms with Crippen LogP contribution in [0, 0.1) is 0 Å². The molecule has 0 bridgehead atoms. The minimum atomic E-state index is -0.366. The van der Waals surface area contributed by atoms with E-state index >= 15 is 0 Å². The van der Waals surface area contributed by atoms with Gasteiger partial charge in [0.2, 0.25) is 0 Å². The number of aromatic hydroxyl groups is 1. The molecular formula is C16H9Br2ClN2O2S. The molecule has 1 amide bonds. The molecule has 3 rings (SSSR count). The maximum atomic E-state index is 12.3. The zero-order chi connectivity index (χ0) is 17.3. The quantitative estimate of drug-likeness (QED) is 0.375. The highest BCUT2D eigenvalue weighted by molar-refractivity contribution is 9.11. The van der Waals surface area contributed by atoms with E-state index in [-0.39, 0.29) is 11.7 Å². The third kappa shape index (κ3) is 3.49. The Morgan fingerprint density at radius 1 is 1.25 bits per heavy atom. The molecule has 0 unspecified atom stereocenters. The lowest BCUT2D eigenvalue weighted by Crippen LogP contribution is -2.16. The zero-order valence-electron chi connectivity index (χ0n) is 11.9. The van der Waals surface area contributed by atoms with Gasteiger partial charge in [0.1, 0.15) is 10.6 Å². The van der Waals surface area contributed by atoms with E-state index in [1.54, 1.807) is 12.1 Å². The number of carbonyl (C=O) groups is 1. The summed E-state index contributed by atoms with van der Waals surface area (Å²) in [6, 6.07) is 10.9. The summed E-state index contributed by atoms with van der Waals surface area (Å²) in [7, 11) is 0. The van der Waals surface area contributed by atoms with Crippen molar-refractivity contribution in [3.63, 3.8) is 0 Å². The fourth-order valence-corrected chi connectivity index (χ4v) is 4.66. The molecule has 8 heteroatoms. The maximum Gasteiger partial charge on any atom is 0.283 e. The summed E-state index contributed by atoms with van der Waals surface area (Å²) in [6.07, 6.45) is 1.48. The number of rotatable bonds is 3. The minimum Gasteiger partial charge on any atom is -0.506 e. The molecular weight excluding hydrogens is 480 g/mol. The van der Waals surface area contributed by atoms with E-state index in [2.05, 4.69) is 42.4 Å². The first-order valence-electron chi connectivity index (χ1n) is 6.66. The Balaban J connectivity index is 1.78. The van der Waals surface area contributed by atoms with Crippen LogP contribution in [0.3, 0.4) is 0 Å². The second-order valence-electron chi connectivity index (χ2n) is 4.77. The van der Waals surface area contributed by atoms with Gasteiger partial charge in [0.15, 0.2) is 0 Å². The van der Waals surface area contributed by atoms with Crippen LogP contribution in [0.5, 0.6) is 5.75 Å². The summed E-state index contributed by atoms with van der Waals surface area (Å²) >= 11 is 14.1. The van der Waals surface area contributed by atoms with Crippen LogP contribution in [0.15, 0.2) is 50.4 Å². The van der Waals surface area contributed by atoms with Crippen molar-refractivity contribution in [1.82, 2.24) is 5.43 Å². The summed E-state index contributed by atoms with van der Waals surface area (Å²) in [5, 5.41) is 14.9. The SMILES string of the molecule is O=C(N/N=C/c1cc(Br)c(O)c(Br)c1)c1sc2ccccc2c1Cl. The van der Waals surface area contributed by atoms with Gasteiger partial charge in [-0.05, 0) is 55.6 Å². The Labute approximate surface area is 163 Å². The highest BCUT2D eigenvalue weighted by atomic mass is 79.9. The van der Waals surface area contributed by atoms with E-state index in [0.717, 1.165) is 10.1 Å². The van der Waals surface area contributed by atoms with Crippen molar-refractivity contribution in [3.8, 4) is 5.75 Å². The summed E-state index contributed by atoms with van der Waals surface area (Å²) in [5.74, 6) is -0.261. The third-order valence-corrected chi connectivity index (χ3v) is 6.04. The fraction of sp³-hybridized carbons (Fsp3) is 0. The van der Waals surface area contributed by atoms with Crippen LogP contribution < -0.4 is 5.43 Å². The molecule has 0 aliphatic carbocycles. The van der Waals surface area contributed by atoms with Gasteiger partial charge in [-0.15, -0.1) is 11.3 Å². The Morgan fingerprint density at radius 2 is 1.92 bits per heavy atom. The number of halogens is 3. The van der Waals surface area contributed by atoms with Crippen molar-refractivity contribution in [3.05, 3.63) is 60.8 Å². The number of phenols is 1. The van der Waals surface area contributed by atoms with Crippen LogP contribution >= 0.6 is 54.8 Å². The van der Waals surface area contributed by atoms with Crippen LogP contribution in [0.2, 0.25) is 5.02 Å². The second-order valence-corrected chi connectivity index (χ2v) is 7.91. The number of fused-ring (bicyclic) bond motifs is 1. The first-order valence-corrected chi connectivity index (χ1v) is 9.44. The molecule has 1 heterocycles. The average molecular weight is 489 g/mol. The Bertz CT molecular complexity index is 949. The molecule has 2 aromatic carbocycles. The van der Waals surface area contributed by atoms with Crippen LogP contribution in [0.4, 0.5) is 0 Å². The number of nitrogens with zero attached hydrogens (tertiary/aromatic N) is 1. The molecule has 0 radical (unpaired) electrons. The lowest BCUT2D eigenvalue weighted by molar-refractivity contribution is 0.0959. The average Bonchev–Trinajstić information content (AvgIpc) is 2.90.